The molecule has 3 heteroatoms. The van der Waals surface area contributed by atoms with E-state index in [-0.39, 0.29) is 0 Å². The first kappa shape index (κ1) is 12.9. The Morgan fingerprint density at radius 3 is 3.00 bits per heavy atom. The summed E-state index contributed by atoms with van der Waals surface area (Å²) in [7, 11) is 2.04. The largest absolute Gasteiger partial charge is 0.380 e. The molecule has 1 N–H and O–H groups in total. The molecule has 0 spiro atoms. The summed E-state index contributed by atoms with van der Waals surface area (Å²) in [6.45, 7) is 7.32. The van der Waals surface area contributed by atoms with Crippen LogP contribution in [0.5, 0.6) is 0 Å². The summed E-state index contributed by atoms with van der Waals surface area (Å²) in [5.41, 5.74) is 0. The van der Waals surface area contributed by atoms with Crippen LogP contribution in [-0.4, -0.2) is 50.8 Å². The molecule has 15 heavy (non-hydrogen) atoms. The summed E-state index contributed by atoms with van der Waals surface area (Å²) in [6.07, 6.45) is 5.41. The van der Waals surface area contributed by atoms with Gasteiger partial charge in [0.15, 0.2) is 0 Å². The molecular formula is C12H26N2O. The van der Waals surface area contributed by atoms with Crippen molar-refractivity contribution in [3.63, 3.8) is 0 Å². The second-order valence-corrected chi connectivity index (χ2v) is 4.27. The predicted molar refractivity (Wildman–Crippen MR) is 64.2 cm³/mol. The zero-order chi connectivity index (χ0) is 10.9. The van der Waals surface area contributed by atoms with Crippen molar-refractivity contribution in [1.82, 2.24) is 10.2 Å². The first-order valence-electron chi connectivity index (χ1n) is 6.35. The lowest BCUT2D eigenvalue weighted by molar-refractivity contribution is 0.0746. The number of hydrogen-bond donors (Lipinski definition) is 1. The number of piperidine rings is 1. The van der Waals surface area contributed by atoms with Gasteiger partial charge in [0.1, 0.15) is 0 Å². The molecule has 1 atom stereocenters. The van der Waals surface area contributed by atoms with Gasteiger partial charge in [0.05, 0.1) is 6.61 Å². The Balaban J connectivity index is 2.22. The van der Waals surface area contributed by atoms with Crippen LogP contribution in [0.2, 0.25) is 0 Å². The van der Waals surface area contributed by atoms with E-state index in [0.717, 1.165) is 32.3 Å². The molecule has 0 bridgehead atoms. The van der Waals surface area contributed by atoms with Crippen molar-refractivity contribution in [2.24, 2.45) is 0 Å². The summed E-state index contributed by atoms with van der Waals surface area (Å²) in [6, 6.07) is 0.784. The van der Waals surface area contributed by atoms with Crippen LogP contribution < -0.4 is 5.32 Å². The molecule has 1 aliphatic rings. The maximum absolute atomic E-state index is 5.43. The molecule has 90 valence electrons. The van der Waals surface area contributed by atoms with E-state index in [0.29, 0.717) is 0 Å². The van der Waals surface area contributed by atoms with E-state index in [1.807, 2.05) is 7.05 Å². The molecule has 1 heterocycles. The van der Waals surface area contributed by atoms with Crippen LogP contribution in [0.15, 0.2) is 0 Å². The summed E-state index contributed by atoms with van der Waals surface area (Å²) >= 11 is 0. The fourth-order valence-corrected chi connectivity index (χ4v) is 2.32. The fraction of sp³-hybridized carbons (Fsp3) is 1.00. The van der Waals surface area contributed by atoms with Gasteiger partial charge in [-0.2, -0.15) is 0 Å². The lowest BCUT2D eigenvalue weighted by atomic mass is 9.99. The highest BCUT2D eigenvalue weighted by Crippen LogP contribution is 2.18. The Labute approximate surface area is 94.2 Å². The molecule has 1 unspecified atom stereocenters. The van der Waals surface area contributed by atoms with E-state index in [4.69, 9.17) is 4.74 Å². The first-order chi connectivity index (χ1) is 7.38. The highest BCUT2D eigenvalue weighted by Gasteiger charge is 2.20. The minimum Gasteiger partial charge on any atom is -0.380 e. The summed E-state index contributed by atoms with van der Waals surface area (Å²) in [5, 5.41) is 3.24. The van der Waals surface area contributed by atoms with Gasteiger partial charge >= 0.3 is 0 Å². The van der Waals surface area contributed by atoms with Crippen molar-refractivity contribution in [2.75, 3.05) is 39.9 Å². The van der Waals surface area contributed by atoms with Gasteiger partial charge in [0.2, 0.25) is 0 Å². The quantitative estimate of drug-likeness (QED) is 0.650. The molecule has 0 aliphatic carbocycles. The maximum atomic E-state index is 5.43. The molecule has 1 saturated heterocycles. The Morgan fingerprint density at radius 1 is 1.40 bits per heavy atom. The SMILES string of the molecule is CCOCCN1CCCCC1CCNC. The topological polar surface area (TPSA) is 24.5 Å². The zero-order valence-corrected chi connectivity index (χ0v) is 10.3. The average Bonchev–Trinajstić information content (AvgIpc) is 2.28. The van der Waals surface area contributed by atoms with Crippen LogP contribution in [0.4, 0.5) is 0 Å². The molecular weight excluding hydrogens is 188 g/mol. The van der Waals surface area contributed by atoms with Crippen molar-refractivity contribution in [3.05, 3.63) is 0 Å². The summed E-state index contributed by atoms with van der Waals surface area (Å²) in [4.78, 5) is 2.61. The number of ether oxygens (including phenoxy) is 1. The van der Waals surface area contributed by atoms with Crippen LogP contribution in [0.3, 0.4) is 0 Å². The highest BCUT2D eigenvalue weighted by atomic mass is 16.5. The van der Waals surface area contributed by atoms with E-state index in [2.05, 4.69) is 17.1 Å². The number of rotatable bonds is 7. The molecule has 3 nitrogen and oxygen atoms in total. The van der Waals surface area contributed by atoms with Gasteiger partial charge in [-0.05, 0) is 46.3 Å². The van der Waals surface area contributed by atoms with Gasteiger partial charge in [-0.15, -0.1) is 0 Å². The van der Waals surface area contributed by atoms with E-state index in [1.165, 1.54) is 32.2 Å². The van der Waals surface area contributed by atoms with Gasteiger partial charge < -0.3 is 10.1 Å². The third-order valence-corrected chi connectivity index (χ3v) is 3.20. The van der Waals surface area contributed by atoms with E-state index in [1.54, 1.807) is 0 Å². The zero-order valence-electron chi connectivity index (χ0n) is 10.3. The van der Waals surface area contributed by atoms with E-state index in [9.17, 15) is 0 Å². The van der Waals surface area contributed by atoms with Gasteiger partial charge in [-0.25, -0.2) is 0 Å². The minimum absolute atomic E-state index is 0.784. The molecule has 0 aromatic carbocycles. The monoisotopic (exact) mass is 214 g/mol. The van der Waals surface area contributed by atoms with Gasteiger partial charge in [-0.3, -0.25) is 4.90 Å². The van der Waals surface area contributed by atoms with Gasteiger partial charge in [0, 0.05) is 19.2 Å². The molecule has 0 radical (unpaired) electrons. The third kappa shape index (κ3) is 4.96. The number of likely N-dealkylation sites (tertiary alicyclic amines) is 1. The Kier molecular flexibility index (Phi) is 6.98. The summed E-state index contributed by atoms with van der Waals surface area (Å²) in [5.74, 6) is 0. The number of hydrogen-bond acceptors (Lipinski definition) is 3. The average molecular weight is 214 g/mol. The molecule has 1 fully saturated rings. The van der Waals surface area contributed by atoms with Crippen LogP contribution in [0.25, 0.3) is 0 Å². The fourth-order valence-electron chi connectivity index (χ4n) is 2.32. The Morgan fingerprint density at radius 2 is 2.27 bits per heavy atom. The van der Waals surface area contributed by atoms with Gasteiger partial charge in [0.25, 0.3) is 0 Å². The van der Waals surface area contributed by atoms with Crippen LogP contribution in [-0.2, 0) is 4.74 Å². The number of nitrogens with one attached hydrogen (secondary N) is 1. The standard InChI is InChI=1S/C12H26N2O/c1-3-15-11-10-14-9-5-4-6-12(14)7-8-13-2/h12-13H,3-11H2,1-2H3. The second kappa shape index (κ2) is 8.08. The van der Waals surface area contributed by atoms with Crippen molar-refractivity contribution in [2.45, 2.75) is 38.6 Å². The molecule has 0 amide bonds. The van der Waals surface area contributed by atoms with E-state index >= 15 is 0 Å². The van der Waals surface area contributed by atoms with Gasteiger partial charge in [-0.1, -0.05) is 6.42 Å². The lowest BCUT2D eigenvalue weighted by Gasteiger charge is -2.35. The molecule has 0 aromatic heterocycles. The first-order valence-corrected chi connectivity index (χ1v) is 6.35. The molecule has 0 aromatic rings. The van der Waals surface area contributed by atoms with Crippen molar-refractivity contribution < 1.29 is 4.74 Å². The van der Waals surface area contributed by atoms with Crippen molar-refractivity contribution in [1.29, 1.82) is 0 Å². The highest BCUT2D eigenvalue weighted by molar-refractivity contribution is 4.77. The number of nitrogens with zero attached hydrogens (tertiary/aromatic N) is 1. The third-order valence-electron chi connectivity index (χ3n) is 3.20. The normalized spacial score (nSPS) is 23.2. The Bertz CT molecular complexity index is 153. The predicted octanol–water partition coefficient (Wildman–Crippen LogP) is 1.49. The molecule has 1 rings (SSSR count). The van der Waals surface area contributed by atoms with Crippen LogP contribution in [0.1, 0.15) is 32.6 Å². The molecule has 0 saturated carbocycles. The lowest BCUT2D eigenvalue weighted by Crippen LogP contribution is -2.42. The molecule has 1 aliphatic heterocycles. The van der Waals surface area contributed by atoms with Crippen molar-refractivity contribution in [3.8, 4) is 0 Å². The van der Waals surface area contributed by atoms with Crippen LogP contribution >= 0.6 is 0 Å². The Hall–Kier alpha value is -0.120. The summed E-state index contributed by atoms with van der Waals surface area (Å²) < 4.78 is 5.43. The minimum atomic E-state index is 0.784. The smallest absolute Gasteiger partial charge is 0.0593 e. The second-order valence-electron chi connectivity index (χ2n) is 4.27. The maximum Gasteiger partial charge on any atom is 0.0593 e. The van der Waals surface area contributed by atoms with Crippen molar-refractivity contribution >= 4 is 0 Å². The van der Waals surface area contributed by atoms with Crippen LogP contribution in [0, 0.1) is 0 Å². The van der Waals surface area contributed by atoms with E-state index < -0.39 is 0 Å².